The number of benzene rings is 1. The molecule has 1 atom stereocenters. The van der Waals surface area contributed by atoms with Gasteiger partial charge in [0, 0.05) is 50.8 Å². The summed E-state index contributed by atoms with van der Waals surface area (Å²) in [6.07, 6.45) is 2.66. The maximum atomic E-state index is 5.67. The maximum absolute atomic E-state index is 5.67. The monoisotopic (exact) mass is 329 g/mol. The molecule has 0 unspecified atom stereocenters. The van der Waals surface area contributed by atoms with Crippen LogP contribution in [0.15, 0.2) is 18.2 Å². The molecule has 0 radical (unpaired) electrons. The van der Waals surface area contributed by atoms with E-state index in [4.69, 9.17) is 19.2 Å². The third-order valence-corrected chi connectivity index (χ3v) is 4.50. The molecule has 6 nitrogen and oxygen atoms in total. The quantitative estimate of drug-likeness (QED) is 0.908. The zero-order chi connectivity index (χ0) is 16.5. The average molecular weight is 329 g/mol. The van der Waals surface area contributed by atoms with Gasteiger partial charge in [0.25, 0.3) is 0 Å². The molecule has 3 heterocycles. The lowest BCUT2D eigenvalue weighted by atomic mass is 10.1. The molecule has 128 valence electrons. The topological polar surface area (TPSA) is 55.9 Å². The van der Waals surface area contributed by atoms with Crippen molar-refractivity contribution in [2.24, 2.45) is 0 Å². The molecular formula is C18H23N3O3. The van der Waals surface area contributed by atoms with Crippen LogP contribution < -0.4 is 19.7 Å². The summed E-state index contributed by atoms with van der Waals surface area (Å²) < 4.78 is 16.6. The van der Waals surface area contributed by atoms with Crippen molar-refractivity contribution in [3.63, 3.8) is 0 Å². The molecule has 0 saturated carbocycles. The predicted molar refractivity (Wildman–Crippen MR) is 92.9 cm³/mol. The van der Waals surface area contributed by atoms with Gasteiger partial charge in [0.2, 0.25) is 6.79 Å². The van der Waals surface area contributed by atoms with Crippen LogP contribution in [0.25, 0.3) is 10.9 Å². The van der Waals surface area contributed by atoms with Crippen LogP contribution >= 0.6 is 0 Å². The highest BCUT2D eigenvalue weighted by Gasteiger charge is 2.18. The first-order chi connectivity index (χ1) is 11.7. The number of ether oxygens (including phenoxy) is 3. The molecule has 2 aromatic rings. The van der Waals surface area contributed by atoms with E-state index >= 15 is 0 Å². The highest BCUT2D eigenvalue weighted by molar-refractivity contribution is 5.85. The summed E-state index contributed by atoms with van der Waals surface area (Å²) >= 11 is 0. The summed E-state index contributed by atoms with van der Waals surface area (Å²) in [5.41, 5.74) is 2.09. The van der Waals surface area contributed by atoms with Crippen LogP contribution in [0.1, 0.15) is 18.4 Å². The first-order valence-electron chi connectivity index (χ1n) is 8.43. The van der Waals surface area contributed by atoms with Crippen molar-refractivity contribution in [2.45, 2.75) is 25.5 Å². The van der Waals surface area contributed by atoms with E-state index in [-0.39, 0.29) is 6.79 Å². The van der Waals surface area contributed by atoms with E-state index in [1.807, 2.05) is 31.1 Å². The Hall–Kier alpha value is -2.05. The second kappa shape index (κ2) is 6.45. The lowest BCUT2D eigenvalue weighted by Crippen LogP contribution is -2.26. The van der Waals surface area contributed by atoms with E-state index < -0.39 is 0 Å². The Morgan fingerprint density at radius 1 is 1.21 bits per heavy atom. The number of anilines is 1. The van der Waals surface area contributed by atoms with Gasteiger partial charge in [-0.1, -0.05) is 0 Å². The van der Waals surface area contributed by atoms with Crippen LogP contribution in [0.3, 0.4) is 0 Å². The molecule has 24 heavy (non-hydrogen) atoms. The van der Waals surface area contributed by atoms with Gasteiger partial charge >= 0.3 is 0 Å². The van der Waals surface area contributed by atoms with E-state index in [0.29, 0.717) is 6.10 Å². The SMILES string of the molecule is CN(C)c1nc2cc3c(cc2cc1CNC[C@@H]1CCCO1)OCO3. The normalized spacial score (nSPS) is 19.2. The number of rotatable bonds is 5. The van der Waals surface area contributed by atoms with Crippen molar-refractivity contribution in [1.82, 2.24) is 10.3 Å². The molecule has 0 amide bonds. The van der Waals surface area contributed by atoms with Gasteiger partial charge in [0.15, 0.2) is 11.5 Å². The third-order valence-electron chi connectivity index (χ3n) is 4.50. The molecule has 1 aromatic heterocycles. The smallest absolute Gasteiger partial charge is 0.231 e. The Kier molecular flexibility index (Phi) is 4.16. The van der Waals surface area contributed by atoms with E-state index in [1.54, 1.807) is 0 Å². The number of aromatic nitrogens is 1. The van der Waals surface area contributed by atoms with Crippen LogP contribution in [0.4, 0.5) is 5.82 Å². The lowest BCUT2D eigenvalue weighted by Gasteiger charge is -2.18. The molecule has 2 aliphatic heterocycles. The Balaban J connectivity index is 1.59. The first-order valence-corrected chi connectivity index (χ1v) is 8.43. The van der Waals surface area contributed by atoms with Gasteiger partial charge < -0.3 is 24.4 Å². The average Bonchev–Trinajstić information content (AvgIpc) is 3.23. The summed E-state index contributed by atoms with van der Waals surface area (Å²) in [5, 5.41) is 4.58. The molecule has 1 fully saturated rings. The number of nitrogens with one attached hydrogen (secondary N) is 1. The molecule has 0 bridgehead atoms. The number of nitrogens with zero attached hydrogens (tertiary/aromatic N) is 2. The Labute approximate surface area is 141 Å². The number of hydrogen-bond donors (Lipinski definition) is 1. The van der Waals surface area contributed by atoms with Crippen molar-refractivity contribution in [3.05, 3.63) is 23.8 Å². The molecule has 6 heteroatoms. The standard InChI is InChI=1S/C18H23N3O3/c1-21(2)18-13(9-19-10-14-4-3-5-22-14)6-12-7-16-17(24-11-23-16)8-15(12)20-18/h6-8,14,19H,3-5,9-11H2,1-2H3/t14-/m0/s1. The molecule has 1 N–H and O–H groups in total. The summed E-state index contributed by atoms with van der Waals surface area (Å²) in [5.74, 6) is 2.53. The first kappa shape index (κ1) is 15.5. The van der Waals surface area contributed by atoms with Crippen molar-refractivity contribution in [2.75, 3.05) is 38.9 Å². The number of pyridine rings is 1. The van der Waals surface area contributed by atoms with Crippen LogP contribution in [0.2, 0.25) is 0 Å². The van der Waals surface area contributed by atoms with E-state index in [9.17, 15) is 0 Å². The Morgan fingerprint density at radius 3 is 2.79 bits per heavy atom. The zero-order valence-corrected chi connectivity index (χ0v) is 14.2. The second-order valence-electron chi connectivity index (χ2n) is 6.53. The van der Waals surface area contributed by atoms with Crippen LogP contribution in [0.5, 0.6) is 11.5 Å². The second-order valence-corrected chi connectivity index (χ2v) is 6.53. The minimum Gasteiger partial charge on any atom is -0.454 e. The fraction of sp³-hybridized carbons (Fsp3) is 0.500. The van der Waals surface area contributed by atoms with Gasteiger partial charge in [-0.2, -0.15) is 0 Å². The molecule has 1 aromatic carbocycles. The summed E-state index contributed by atoms with van der Waals surface area (Å²) in [4.78, 5) is 6.87. The highest BCUT2D eigenvalue weighted by Crippen LogP contribution is 2.36. The fourth-order valence-corrected chi connectivity index (χ4v) is 3.29. The van der Waals surface area contributed by atoms with Crippen molar-refractivity contribution in [1.29, 1.82) is 0 Å². The van der Waals surface area contributed by atoms with E-state index in [1.165, 1.54) is 12.0 Å². The molecular weight excluding hydrogens is 306 g/mol. The Bertz CT molecular complexity index is 742. The minimum absolute atomic E-state index is 0.280. The van der Waals surface area contributed by atoms with Gasteiger partial charge in [-0.25, -0.2) is 4.98 Å². The van der Waals surface area contributed by atoms with Crippen LogP contribution in [-0.4, -0.2) is 45.1 Å². The van der Waals surface area contributed by atoms with Crippen LogP contribution in [0, 0.1) is 0 Å². The Morgan fingerprint density at radius 2 is 2.04 bits per heavy atom. The van der Waals surface area contributed by atoms with Crippen molar-refractivity contribution < 1.29 is 14.2 Å². The van der Waals surface area contributed by atoms with Gasteiger partial charge in [-0.3, -0.25) is 0 Å². The molecule has 1 saturated heterocycles. The fourth-order valence-electron chi connectivity index (χ4n) is 3.29. The number of fused-ring (bicyclic) bond motifs is 2. The minimum atomic E-state index is 0.280. The van der Waals surface area contributed by atoms with Crippen molar-refractivity contribution >= 4 is 16.7 Å². The summed E-state index contributed by atoms with van der Waals surface area (Å²) in [6, 6.07) is 6.14. The van der Waals surface area contributed by atoms with Gasteiger partial charge in [-0.15, -0.1) is 0 Å². The summed E-state index contributed by atoms with van der Waals surface area (Å²) in [6.45, 7) is 2.82. The maximum Gasteiger partial charge on any atom is 0.231 e. The molecule has 0 spiro atoms. The molecule has 0 aliphatic carbocycles. The molecule has 4 rings (SSSR count). The van der Waals surface area contributed by atoms with E-state index in [2.05, 4.69) is 11.4 Å². The zero-order valence-electron chi connectivity index (χ0n) is 14.2. The van der Waals surface area contributed by atoms with Gasteiger partial charge in [0.1, 0.15) is 5.82 Å². The van der Waals surface area contributed by atoms with Crippen molar-refractivity contribution in [3.8, 4) is 11.5 Å². The third kappa shape index (κ3) is 2.99. The van der Waals surface area contributed by atoms with Crippen LogP contribution in [-0.2, 0) is 11.3 Å². The van der Waals surface area contributed by atoms with Gasteiger partial charge in [-0.05, 0) is 25.0 Å². The van der Waals surface area contributed by atoms with E-state index in [0.717, 1.165) is 54.3 Å². The lowest BCUT2D eigenvalue weighted by molar-refractivity contribution is 0.110. The molecule has 2 aliphatic rings. The summed E-state index contributed by atoms with van der Waals surface area (Å²) in [7, 11) is 4.04. The number of hydrogen-bond acceptors (Lipinski definition) is 6. The highest BCUT2D eigenvalue weighted by atomic mass is 16.7. The van der Waals surface area contributed by atoms with Gasteiger partial charge in [0.05, 0.1) is 11.6 Å². The largest absolute Gasteiger partial charge is 0.454 e. The predicted octanol–water partition coefficient (Wildman–Crippen LogP) is 2.30.